The molecule has 45 heavy (non-hydrogen) atoms. The zero-order chi connectivity index (χ0) is 33.2. The number of nitrogens with zero attached hydrogens (tertiary/aromatic N) is 7. The molecule has 0 aliphatic carbocycles. The number of rotatable bonds is 15. The quantitative estimate of drug-likeness (QED) is 0.156. The lowest BCUT2D eigenvalue weighted by atomic mass is 9.88. The Kier molecular flexibility index (Phi) is 10.2. The highest BCUT2D eigenvalue weighted by atomic mass is 32.2. The van der Waals surface area contributed by atoms with E-state index in [1.54, 1.807) is 4.52 Å². The molecule has 0 aliphatic heterocycles. The second kappa shape index (κ2) is 13.2. The third-order valence-electron chi connectivity index (χ3n) is 7.51. The van der Waals surface area contributed by atoms with Crippen LogP contribution >= 0.6 is 0 Å². The van der Waals surface area contributed by atoms with Gasteiger partial charge in [-0.05, 0) is 18.9 Å². The summed E-state index contributed by atoms with van der Waals surface area (Å²) in [5, 5.41) is 25.7. The Morgan fingerprint density at radius 2 is 1.24 bits per heavy atom. The average molecular weight is 665 g/mol. The molecule has 16 heteroatoms. The normalized spacial score (nSPS) is 13.8. The van der Waals surface area contributed by atoms with Crippen LogP contribution in [0.25, 0.3) is 17.4 Å². The number of sulfonamides is 2. The third kappa shape index (κ3) is 8.12. The van der Waals surface area contributed by atoms with Crippen LogP contribution in [0.1, 0.15) is 124 Å². The van der Waals surface area contributed by atoms with Crippen LogP contribution in [0.15, 0.2) is 0 Å². The zero-order valence-corrected chi connectivity index (χ0v) is 29.4. The fourth-order valence-electron chi connectivity index (χ4n) is 5.14. The molecule has 0 aromatic carbocycles. The third-order valence-corrected chi connectivity index (χ3v) is 10.1. The highest BCUT2D eigenvalue weighted by Crippen LogP contribution is 2.30. The van der Waals surface area contributed by atoms with Crippen molar-refractivity contribution >= 4 is 49.3 Å². The summed E-state index contributed by atoms with van der Waals surface area (Å²) in [5.74, 6) is 0.0869. The summed E-state index contributed by atoms with van der Waals surface area (Å²) in [6.45, 7) is 16.3. The van der Waals surface area contributed by atoms with Gasteiger partial charge in [0.1, 0.15) is 0 Å². The van der Waals surface area contributed by atoms with Crippen LogP contribution in [-0.4, -0.2) is 68.0 Å². The standard InChI is InChI=1S/C29H48N10O4S2/c1-9-11-13-15-17-44(40,41)36-26-32-30-24-20(22(28(3,4)5)34-38(24)26)19-21-23(29(6,7)8)35-39-25(21)31-33-27(39)37-45(42,43)18-16-14-12-10-2/h19,34H,9-18H2,1-8H3,(H,32,36)(H,33,37)/b21-19-. The van der Waals surface area contributed by atoms with Crippen molar-refractivity contribution < 1.29 is 16.8 Å². The van der Waals surface area contributed by atoms with E-state index in [1.807, 2.05) is 47.6 Å². The lowest BCUT2D eigenvalue weighted by Gasteiger charge is -2.18. The number of H-pyrrole nitrogens is 1. The van der Waals surface area contributed by atoms with E-state index in [2.05, 4.69) is 48.8 Å². The van der Waals surface area contributed by atoms with Gasteiger partial charge in [0.15, 0.2) is 11.3 Å². The summed E-state index contributed by atoms with van der Waals surface area (Å²) in [6.07, 6.45) is 8.67. The van der Waals surface area contributed by atoms with E-state index in [1.165, 1.54) is 4.52 Å². The van der Waals surface area contributed by atoms with Crippen LogP contribution in [0.3, 0.4) is 0 Å². The molecule has 0 saturated carbocycles. The van der Waals surface area contributed by atoms with Gasteiger partial charge in [0.25, 0.3) is 11.9 Å². The van der Waals surface area contributed by atoms with Gasteiger partial charge in [-0.3, -0.25) is 5.10 Å². The first-order chi connectivity index (χ1) is 21.0. The van der Waals surface area contributed by atoms with Gasteiger partial charge in [0.05, 0.1) is 17.2 Å². The largest absolute Gasteiger partial charge is 0.293 e. The van der Waals surface area contributed by atoms with E-state index in [9.17, 15) is 16.8 Å². The van der Waals surface area contributed by atoms with Crippen molar-refractivity contribution in [2.75, 3.05) is 20.9 Å². The van der Waals surface area contributed by atoms with Crippen LogP contribution in [0, 0.1) is 0 Å². The Labute approximate surface area is 265 Å². The van der Waals surface area contributed by atoms with Gasteiger partial charge < -0.3 is 0 Å². The van der Waals surface area contributed by atoms with Crippen molar-refractivity contribution in [3.63, 3.8) is 0 Å². The van der Waals surface area contributed by atoms with Gasteiger partial charge in [-0.15, -0.1) is 20.4 Å². The number of fused-ring (bicyclic) bond motifs is 2. The number of unbranched alkanes of at least 4 members (excludes halogenated alkanes) is 6. The van der Waals surface area contributed by atoms with Crippen LogP contribution < -0.4 is 14.7 Å². The van der Waals surface area contributed by atoms with Gasteiger partial charge in [-0.25, -0.2) is 30.8 Å². The summed E-state index contributed by atoms with van der Waals surface area (Å²) < 4.78 is 59.5. The van der Waals surface area contributed by atoms with Gasteiger partial charge in [0.2, 0.25) is 20.0 Å². The monoisotopic (exact) mass is 664 g/mol. The van der Waals surface area contributed by atoms with E-state index < -0.39 is 30.9 Å². The molecule has 0 amide bonds. The van der Waals surface area contributed by atoms with Crippen molar-refractivity contribution in [2.24, 2.45) is 0 Å². The molecule has 0 aliphatic rings. The van der Waals surface area contributed by atoms with Crippen molar-refractivity contribution in [2.45, 2.75) is 118 Å². The molecule has 0 bridgehead atoms. The van der Waals surface area contributed by atoms with Crippen molar-refractivity contribution in [1.82, 2.24) is 39.6 Å². The lowest BCUT2D eigenvalue weighted by molar-refractivity contribution is 0.558. The molecule has 0 unspecified atom stereocenters. The molecule has 0 spiro atoms. The summed E-state index contributed by atoms with van der Waals surface area (Å²) in [6, 6.07) is 0. The number of nitrogens with one attached hydrogen (secondary N) is 3. The Balaban J connectivity index is 1.81. The van der Waals surface area contributed by atoms with E-state index >= 15 is 0 Å². The first kappa shape index (κ1) is 34.6. The van der Waals surface area contributed by atoms with E-state index in [-0.39, 0.29) is 23.4 Å². The van der Waals surface area contributed by atoms with Crippen molar-refractivity contribution in [3.8, 4) is 0 Å². The molecule has 4 rings (SSSR count). The Morgan fingerprint density at radius 3 is 1.78 bits per heavy atom. The van der Waals surface area contributed by atoms with Crippen LogP contribution in [0.2, 0.25) is 0 Å². The van der Waals surface area contributed by atoms with E-state index in [0.717, 1.165) is 44.2 Å². The molecule has 0 saturated heterocycles. The maximum absolute atomic E-state index is 12.9. The molecule has 3 N–H and O–H groups in total. The van der Waals surface area contributed by atoms with Crippen LogP contribution in [0.5, 0.6) is 0 Å². The fourth-order valence-corrected chi connectivity index (χ4v) is 7.33. The Bertz CT molecular complexity index is 1890. The number of anilines is 2. The maximum atomic E-state index is 12.9. The Morgan fingerprint density at radius 1 is 0.711 bits per heavy atom. The predicted molar refractivity (Wildman–Crippen MR) is 177 cm³/mol. The number of aromatic nitrogens is 8. The molecule has 4 heterocycles. The highest BCUT2D eigenvalue weighted by Gasteiger charge is 2.29. The summed E-state index contributed by atoms with van der Waals surface area (Å²) in [5.41, 5.74) is 2.14. The van der Waals surface area contributed by atoms with Crippen molar-refractivity contribution in [3.05, 3.63) is 22.2 Å². The molecule has 0 radical (unpaired) electrons. The van der Waals surface area contributed by atoms with Crippen molar-refractivity contribution in [1.29, 1.82) is 0 Å². The summed E-state index contributed by atoms with van der Waals surface area (Å²) in [4.78, 5) is 0. The second-order valence-corrected chi connectivity index (χ2v) is 17.4. The molecule has 250 valence electrons. The fraction of sp³-hybridized carbons (Fsp3) is 0.690. The first-order valence-electron chi connectivity index (χ1n) is 15.7. The molecule has 4 aromatic heterocycles. The first-order valence-corrected chi connectivity index (χ1v) is 19.0. The number of hydrogen-bond donors (Lipinski definition) is 3. The Hall–Kier alpha value is -3.27. The maximum Gasteiger partial charge on any atom is 0.259 e. The molecular weight excluding hydrogens is 617 g/mol. The minimum atomic E-state index is -3.65. The number of hydrogen-bond acceptors (Lipinski definition) is 9. The van der Waals surface area contributed by atoms with E-state index in [4.69, 9.17) is 5.10 Å². The molecule has 0 fully saturated rings. The second-order valence-electron chi connectivity index (χ2n) is 13.7. The molecule has 14 nitrogen and oxygen atoms in total. The van der Waals surface area contributed by atoms with Gasteiger partial charge >= 0.3 is 0 Å². The lowest BCUT2D eigenvalue weighted by Crippen LogP contribution is -2.23. The molecule has 4 aromatic rings. The minimum absolute atomic E-state index is 0.00243. The highest BCUT2D eigenvalue weighted by molar-refractivity contribution is 7.92. The van der Waals surface area contributed by atoms with Gasteiger partial charge in [-0.1, -0.05) is 93.9 Å². The smallest absolute Gasteiger partial charge is 0.259 e. The van der Waals surface area contributed by atoms with E-state index in [0.29, 0.717) is 40.6 Å². The molecular formula is C29H48N10O4S2. The predicted octanol–water partition coefficient (Wildman–Crippen LogP) is 4.28. The average Bonchev–Trinajstić information content (AvgIpc) is 3.67. The SMILES string of the molecule is CCCCCCS(=O)(=O)Nc1nnc2/c(=C\c3c(C(C)(C)C)[nH]n4c(NS(=O)(=O)CCCCCC)nnc34)c(C(C)(C)C)nn12. The minimum Gasteiger partial charge on any atom is -0.293 e. The topological polar surface area (TPSA) is 181 Å². The van der Waals surface area contributed by atoms with Crippen LogP contribution in [-0.2, 0) is 30.9 Å². The number of aromatic amines is 1. The summed E-state index contributed by atoms with van der Waals surface area (Å²) in [7, 11) is -7.28. The van der Waals surface area contributed by atoms with Gasteiger partial charge in [0, 0.05) is 27.3 Å². The summed E-state index contributed by atoms with van der Waals surface area (Å²) >= 11 is 0. The molecule has 0 atom stereocenters. The zero-order valence-electron chi connectivity index (χ0n) is 27.7. The van der Waals surface area contributed by atoms with Gasteiger partial charge in [-0.2, -0.15) is 9.61 Å². The van der Waals surface area contributed by atoms with Crippen LogP contribution in [0.4, 0.5) is 11.9 Å².